The number of hydrogen-bond donors (Lipinski definition) is 0. The maximum Gasteiger partial charge on any atom is 0.509 e. The maximum atomic E-state index is 11.1. The average molecular weight is 204 g/mol. The van der Waals surface area contributed by atoms with Gasteiger partial charge in [-0.05, 0) is 5.56 Å². The van der Waals surface area contributed by atoms with Crippen molar-refractivity contribution >= 4 is 6.16 Å². The molecule has 3 nitrogen and oxygen atoms in total. The van der Waals surface area contributed by atoms with Crippen LogP contribution >= 0.6 is 0 Å². The minimum atomic E-state index is -0.625. The molecular formula is C12H12O3. The van der Waals surface area contributed by atoms with E-state index in [1.54, 1.807) is 6.08 Å². The molecule has 1 aliphatic heterocycles. The summed E-state index contributed by atoms with van der Waals surface area (Å²) in [4.78, 5) is 11.1. The van der Waals surface area contributed by atoms with Crippen molar-refractivity contribution < 1.29 is 14.3 Å². The predicted octanol–water partition coefficient (Wildman–Crippen LogP) is 2.84. The number of cyclic esters (lactones) is 2. The molecule has 0 aromatic heterocycles. The van der Waals surface area contributed by atoms with Crippen molar-refractivity contribution in [3.05, 3.63) is 48.6 Å². The van der Waals surface area contributed by atoms with Crippen LogP contribution in [0.15, 0.2) is 43.0 Å². The van der Waals surface area contributed by atoms with Crippen molar-refractivity contribution in [3.63, 3.8) is 0 Å². The molecule has 15 heavy (non-hydrogen) atoms. The Kier molecular flexibility index (Phi) is 2.72. The van der Waals surface area contributed by atoms with Crippen LogP contribution in [-0.2, 0) is 9.47 Å². The van der Waals surface area contributed by atoms with Gasteiger partial charge < -0.3 is 9.47 Å². The first-order valence-corrected chi connectivity index (χ1v) is 4.84. The maximum absolute atomic E-state index is 11.1. The number of hydrogen-bond acceptors (Lipinski definition) is 3. The van der Waals surface area contributed by atoms with E-state index in [0.717, 1.165) is 5.56 Å². The summed E-state index contributed by atoms with van der Waals surface area (Å²) in [5.41, 5.74) is 0.987. The normalized spacial score (nSPS) is 25.2. The lowest BCUT2D eigenvalue weighted by atomic mass is 10.0. The highest BCUT2D eigenvalue weighted by Gasteiger charge is 2.28. The number of benzene rings is 1. The molecule has 0 radical (unpaired) electrons. The van der Waals surface area contributed by atoms with Gasteiger partial charge in [-0.15, -0.1) is 0 Å². The van der Waals surface area contributed by atoms with Crippen LogP contribution < -0.4 is 0 Å². The van der Waals surface area contributed by atoms with E-state index in [1.807, 2.05) is 30.3 Å². The van der Waals surface area contributed by atoms with Crippen molar-refractivity contribution in [1.29, 1.82) is 0 Å². The Balaban J connectivity index is 2.16. The quantitative estimate of drug-likeness (QED) is 0.549. The Hall–Kier alpha value is -1.77. The first-order chi connectivity index (χ1) is 7.29. The third kappa shape index (κ3) is 2.18. The van der Waals surface area contributed by atoms with Crippen LogP contribution in [0.1, 0.15) is 18.1 Å². The lowest BCUT2D eigenvalue weighted by Gasteiger charge is -2.27. The van der Waals surface area contributed by atoms with Gasteiger partial charge in [-0.25, -0.2) is 4.79 Å². The summed E-state index contributed by atoms with van der Waals surface area (Å²) in [5.74, 6) is 0. The summed E-state index contributed by atoms with van der Waals surface area (Å²) in [6, 6.07) is 9.63. The summed E-state index contributed by atoms with van der Waals surface area (Å²) < 4.78 is 10.0. The molecule has 1 fully saturated rings. The van der Waals surface area contributed by atoms with Gasteiger partial charge >= 0.3 is 6.16 Å². The molecule has 0 amide bonds. The van der Waals surface area contributed by atoms with Gasteiger partial charge in [0.2, 0.25) is 0 Å². The highest BCUT2D eigenvalue weighted by molar-refractivity contribution is 5.61. The van der Waals surface area contributed by atoms with Gasteiger partial charge in [-0.3, -0.25) is 0 Å². The molecular weight excluding hydrogens is 192 g/mol. The number of ether oxygens (including phenoxy) is 2. The van der Waals surface area contributed by atoms with Gasteiger partial charge in [0.15, 0.2) is 0 Å². The SMILES string of the molecule is C=CC1C[C@@H](c2ccccc2)OC(=O)O1. The molecule has 2 rings (SSSR count). The highest BCUT2D eigenvalue weighted by atomic mass is 16.7. The zero-order valence-electron chi connectivity index (χ0n) is 8.26. The van der Waals surface area contributed by atoms with Crippen molar-refractivity contribution in [2.45, 2.75) is 18.6 Å². The molecule has 1 saturated heterocycles. The molecule has 1 aromatic carbocycles. The molecule has 0 saturated carbocycles. The second-order valence-electron chi connectivity index (χ2n) is 3.39. The van der Waals surface area contributed by atoms with E-state index in [-0.39, 0.29) is 12.2 Å². The summed E-state index contributed by atoms with van der Waals surface area (Å²) in [7, 11) is 0. The molecule has 1 aliphatic rings. The third-order valence-corrected chi connectivity index (χ3v) is 2.37. The van der Waals surface area contributed by atoms with Crippen LogP contribution in [0.4, 0.5) is 4.79 Å². The van der Waals surface area contributed by atoms with Crippen molar-refractivity contribution in [2.24, 2.45) is 0 Å². The summed E-state index contributed by atoms with van der Waals surface area (Å²) >= 11 is 0. The molecule has 0 aliphatic carbocycles. The Morgan fingerprint density at radius 3 is 2.67 bits per heavy atom. The molecule has 0 spiro atoms. The van der Waals surface area contributed by atoms with Crippen LogP contribution in [0.2, 0.25) is 0 Å². The third-order valence-electron chi connectivity index (χ3n) is 2.37. The standard InChI is InChI=1S/C12H12O3/c1-2-10-8-11(15-12(13)14-10)9-6-4-3-5-7-9/h2-7,10-11H,1,8H2/t10?,11-/m0/s1. The molecule has 0 N–H and O–H groups in total. The molecule has 1 heterocycles. The monoisotopic (exact) mass is 204 g/mol. The van der Waals surface area contributed by atoms with Gasteiger partial charge in [0.05, 0.1) is 0 Å². The predicted molar refractivity (Wildman–Crippen MR) is 55.4 cm³/mol. The van der Waals surface area contributed by atoms with E-state index in [0.29, 0.717) is 6.42 Å². The summed E-state index contributed by atoms with van der Waals surface area (Å²) in [6.45, 7) is 3.61. The zero-order valence-corrected chi connectivity index (χ0v) is 8.26. The van der Waals surface area contributed by atoms with E-state index >= 15 is 0 Å². The fourth-order valence-corrected chi connectivity index (χ4v) is 1.59. The van der Waals surface area contributed by atoms with Crippen LogP contribution in [-0.4, -0.2) is 12.3 Å². The fourth-order valence-electron chi connectivity index (χ4n) is 1.59. The first-order valence-electron chi connectivity index (χ1n) is 4.84. The lowest BCUT2D eigenvalue weighted by molar-refractivity contribution is -0.0462. The largest absolute Gasteiger partial charge is 0.509 e. The topological polar surface area (TPSA) is 35.5 Å². The van der Waals surface area contributed by atoms with Gasteiger partial charge in [0.1, 0.15) is 12.2 Å². The highest BCUT2D eigenvalue weighted by Crippen LogP contribution is 2.28. The van der Waals surface area contributed by atoms with E-state index in [4.69, 9.17) is 9.47 Å². The Morgan fingerprint density at radius 1 is 1.27 bits per heavy atom. The number of carbonyl (C=O) groups is 1. The summed E-state index contributed by atoms with van der Waals surface area (Å²) in [5, 5.41) is 0. The van der Waals surface area contributed by atoms with Crippen molar-refractivity contribution in [3.8, 4) is 0 Å². The van der Waals surface area contributed by atoms with E-state index in [9.17, 15) is 4.79 Å². The van der Waals surface area contributed by atoms with Crippen molar-refractivity contribution in [1.82, 2.24) is 0 Å². The minimum Gasteiger partial charge on any atom is -0.427 e. The fraction of sp³-hybridized carbons (Fsp3) is 0.250. The van der Waals surface area contributed by atoms with Gasteiger partial charge in [0.25, 0.3) is 0 Å². The van der Waals surface area contributed by atoms with Gasteiger partial charge in [-0.2, -0.15) is 0 Å². The first kappa shape index (κ1) is 9.77. The van der Waals surface area contributed by atoms with Gasteiger partial charge in [-0.1, -0.05) is 43.0 Å². The molecule has 3 heteroatoms. The molecule has 1 unspecified atom stereocenters. The van der Waals surface area contributed by atoms with Crippen molar-refractivity contribution in [2.75, 3.05) is 0 Å². The second-order valence-corrected chi connectivity index (χ2v) is 3.39. The lowest BCUT2D eigenvalue weighted by Crippen LogP contribution is -2.28. The minimum absolute atomic E-state index is 0.226. The van der Waals surface area contributed by atoms with E-state index < -0.39 is 6.16 Å². The smallest absolute Gasteiger partial charge is 0.427 e. The number of carbonyl (C=O) groups excluding carboxylic acids is 1. The van der Waals surface area contributed by atoms with Gasteiger partial charge in [0, 0.05) is 6.42 Å². The zero-order chi connectivity index (χ0) is 10.7. The van der Waals surface area contributed by atoms with Crippen LogP contribution in [0.5, 0.6) is 0 Å². The molecule has 2 atom stereocenters. The Morgan fingerprint density at radius 2 is 2.00 bits per heavy atom. The Labute approximate surface area is 88.3 Å². The average Bonchev–Trinajstić information content (AvgIpc) is 2.29. The van der Waals surface area contributed by atoms with E-state index in [2.05, 4.69) is 6.58 Å². The van der Waals surface area contributed by atoms with Crippen LogP contribution in [0.3, 0.4) is 0 Å². The molecule has 78 valence electrons. The van der Waals surface area contributed by atoms with Crippen LogP contribution in [0, 0.1) is 0 Å². The number of rotatable bonds is 2. The molecule has 0 bridgehead atoms. The Bertz CT molecular complexity index is 358. The van der Waals surface area contributed by atoms with E-state index in [1.165, 1.54) is 0 Å². The molecule has 1 aromatic rings. The second kappa shape index (κ2) is 4.17. The summed E-state index contributed by atoms with van der Waals surface area (Å²) in [6.07, 6.45) is 1.14. The van der Waals surface area contributed by atoms with Crippen LogP contribution in [0.25, 0.3) is 0 Å².